The lowest BCUT2D eigenvalue weighted by Gasteiger charge is -2.35. The molecule has 2 aromatic rings. The van der Waals surface area contributed by atoms with Gasteiger partial charge >= 0.3 is 0 Å². The number of hydrogen-bond acceptors (Lipinski definition) is 5. The summed E-state index contributed by atoms with van der Waals surface area (Å²) >= 11 is 0. The molecule has 0 aliphatic heterocycles. The maximum atomic E-state index is 13.4. The smallest absolute Gasteiger partial charge is 0.243 e. The van der Waals surface area contributed by atoms with Crippen LogP contribution >= 0.6 is 0 Å². The first-order chi connectivity index (χ1) is 20.1. The molecule has 0 heterocycles. The number of benzene rings is 2. The molecule has 4 N–H and O–H groups in total. The Morgan fingerprint density at radius 1 is 0.929 bits per heavy atom. The van der Waals surface area contributed by atoms with Crippen LogP contribution in [0.25, 0.3) is 0 Å². The van der Waals surface area contributed by atoms with Gasteiger partial charge in [0.05, 0.1) is 25.2 Å². The Morgan fingerprint density at radius 3 is 2.21 bits per heavy atom. The topological polar surface area (TPSA) is 117 Å². The molecule has 3 rings (SSSR count). The number of amides is 3. The Bertz CT molecular complexity index is 1120. The zero-order chi connectivity index (χ0) is 30.5. The Morgan fingerprint density at radius 2 is 1.60 bits per heavy atom. The number of carbonyl (C=O) groups is 3. The quantitative estimate of drug-likeness (QED) is 0.249. The highest BCUT2D eigenvalue weighted by Gasteiger charge is 2.33. The Kier molecular flexibility index (Phi) is 13.3. The lowest BCUT2D eigenvalue weighted by molar-refractivity contribution is -0.130. The summed E-state index contributed by atoms with van der Waals surface area (Å²) in [5, 5.41) is 20.6. The van der Waals surface area contributed by atoms with Gasteiger partial charge in [0.2, 0.25) is 17.7 Å². The Labute approximate surface area is 251 Å². The summed E-state index contributed by atoms with van der Waals surface area (Å²) in [4.78, 5) is 38.2. The highest BCUT2D eigenvalue weighted by atomic mass is 16.5. The molecular formula is C34H49N3O5. The van der Waals surface area contributed by atoms with Gasteiger partial charge < -0.3 is 25.8 Å². The van der Waals surface area contributed by atoms with E-state index in [1.807, 2.05) is 75.4 Å². The molecule has 0 saturated heterocycles. The summed E-state index contributed by atoms with van der Waals surface area (Å²) in [5.74, 6) is 0.150. The van der Waals surface area contributed by atoms with Crippen LogP contribution in [-0.4, -0.2) is 53.7 Å². The second-order valence-corrected chi connectivity index (χ2v) is 12.0. The monoisotopic (exact) mass is 579 g/mol. The zero-order valence-electron chi connectivity index (χ0n) is 25.6. The largest absolute Gasteiger partial charge is 0.493 e. The fraction of sp³-hybridized carbons (Fsp3) is 0.559. The van der Waals surface area contributed by atoms with Gasteiger partial charge in [0.15, 0.2) is 0 Å². The summed E-state index contributed by atoms with van der Waals surface area (Å²) in [6.07, 6.45) is 5.29. The summed E-state index contributed by atoms with van der Waals surface area (Å²) < 4.78 is 5.75. The molecule has 4 atom stereocenters. The second kappa shape index (κ2) is 16.9. The standard InChI is InChI=1S/C34H49N3O5/c1-23(2)33(35-25(4)38)34(41)37-29(27-13-9-6-10-14-27)22-31(39)30(21-26-11-7-5-8-12-26)36-32(40)19-20-42-28-17-15-24(3)16-18-28/h5,7-8,11-12,15-18,23,27,29-31,33,39H,6,9-10,13-14,19-22H2,1-4H3,(H,35,38)(H,36,40)(H,37,41)/t29-,30+,31+,33+/m1/s1. The first kappa shape index (κ1) is 33.1. The molecule has 1 fully saturated rings. The number of aliphatic hydroxyl groups excluding tert-OH is 1. The molecule has 8 heteroatoms. The zero-order valence-corrected chi connectivity index (χ0v) is 25.6. The lowest BCUT2D eigenvalue weighted by atomic mass is 9.80. The van der Waals surface area contributed by atoms with Crippen molar-refractivity contribution >= 4 is 17.7 Å². The number of hydrogen-bond donors (Lipinski definition) is 4. The number of aliphatic hydroxyl groups is 1. The van der Waals surface area contributed by atoms with Crippen molar-refractivity contribution < 1.29 is 24.2 Å². The van der Waals surface area contributed by atoms with Gasteiger partial charge in [-0.15, -0.1) is 0 Å². The van der Waals surface area contributed by atoms with E-state index in [0.29, 0.717) is 18.6 Å². The van der Waals surface area contributed by atoms with Crippen LogP contribution in [0.15, 0.2) is 54.6 Å². The van der Waals surface area contributed by atoms with Crippen LogP contribution in [-0.2, 0) is 20.8 Å². The summed E-state index contributed by atoms with van der Waals surface area (Å²) in [7, 11) is 0. The van der Waals surface area contributed by atoms with Gasteiger partial charge in [0.25, 0.3) is 0 Å². The number of rotatable bonds is 15. The number of carbonyl (C=O) groups excluding carboxylic acids is 3. The Balaban J connectivity index is 1.71. The van der Waals surface area contributed by atoms with Crippen molar-refractivity contribution in [2.24, 2.45) is 11.8 Å². The minimum atomic E-state index is -0.891. The van der Waals surface area contributed by atoms with Gasteiger partial charge in [0, 0.05) is 13.0 Å². The maximum absolute atomic E-state index is 13.4. The van der Waals surface area contributed by atoms with Crippen molar-refractivity contribution in [2.45, 2.75) is 103 Å². The van der Waals surface area contributed by atoms with Gasteiger partial charge in [0.1, 0.15) is 11.8 Å². The van der Waals surface area contributed by atoms with E-state index >= 15 is 0 Å². The highest BCUT2D eigenvalue weighted by Crippen LogP contribution is 2.29. The molecule has 1 saturated carbocycles. The van der Waals surface area contributed by atoms with Crippen LogP contribution in [0.5, 0.6) is 5.75 Å². The first-order valence-corrected chi connectivity index (χ1v) is 15.4. The number of nitrogens with one attached hydrogen (secondary N) is 3. The minimum absolute atomic E-state index is 0.0851. The van der Waals surface area contributed by atoms with Crippen LogP contribution in [0.3, 0.4) is 0 Å². The van der Waals surface area contributed by atoms with Gasteiger partial charge in [-0.25, -0.2) is 0 Å². The summed E-state index contributed by atoms with van der Waals surface area (Å²) in [6.45, 7) is 7.44. The third-order valence-corrected chi connectivity index (χ3v) is 8.08. The third-order valence-electron chi connectivity index (χ3n) is 8.08. The van der Waals surface area contributed by atoms with Crippen molar-refractivity contribution in [2.75, 3.05) is 6.61 Å². The molecule has 1 aliphatic rings. The van der Waals surface area contributed by atoms with Crippen molar-refractivity contribution in [3.05, 3.63) is 65.7 Å². The molecule has 42 heavy (non-hydrogen) atoms. The lowest BCUT2D eigenvalue weighted by Crippen LogP contribution is -2.55. The van der Waals surface area contributed by atoms with Crippen molar-refractivity contribution in [3.63, 3.8) is 0 Å². The van der Waals surface area contributed by atoms with Crippen LogP contribution in [0.1, 0.15) is 76.8 Å². The van der Waals surface area contributed by atoms with Crippen LogP contribution in [0.2, 0.25) is 0 Å². The van der Waals surface area contributed by atoms with E-state index in [1.165, 1.54) is 6.92 Å². The fourth-order valence-corrected chi connectivity index (χ4v) is 5.68. The summed E-state index contributed by atoms with van der Waals surface area (Å²) in [6, 6.07) is 16.0. The Hall–Kier alpha value is -3.39. The van der Waals surface area contributed by atoms with E-state index in [2.05, 4.69) is 16.0 Å². The third kappa shape index (κ3) is 11.1. The minimum Gasteiger partial charge on any atom is -0.493 e. The van der Waals surface area contributed by atoms with E-state index < -0.39 is 18.2 Å². The van der Waals surface area contributed by atoms with Gasteiger partial charge in [-0.1, -0.05) is 81.1 Å². The molecule has 2 aromatic carbocycles. The molecular weight excluding hydrogens is 530 g/mol. The van der Waals surface area contributed by atoms with E-state index in [9.17, 15) is 19.5 Å². The number of ether oxygens (including phenoxy) is 1. The molecule has 0 aromatic heterocycles. The molecule has 3 amide bonds. The highest BCUT2D eigenvalue weighted by molar-refractivity contribution is 5.87. The maximum Gasteiger partial charge on any atom is 0.243 e. The van der Waals surface area contributed by atoms with Crippen LogP contribution in [0, 0.1) is 18.8 Å². The van der Waals surface area contributed by atoms with Gasteiger partial charge in [-0.3, -0.25) is 14.4 Å². The number of aryl methyl sites for hydroxylation is 1. The van der Waals surface area contributed by atoms with Crippen LogP contribution in [0.4, 0.5) is 0 Å². The molecule has 1 aliphatic carbocycles. The molecule has 0 bridgehead atoms. The van der Waals surface area contributed by atoms with Crippen molar-refractivity contribution in [1.82, 2.24) is 16.0 Å². The van der Waals surface area contributed by atoms with E-state index in [-0.39, 0.29) is 48.6 Å². The molecule has 0 spiro atoms. The molecule has 230 valence electrons. The van der Waals surface area contributed by atoms with Gasteiger partial charge in [-0.2, -0.15) is 0 Å². The molecule has 0 radical (unpaired) electrons. The predicted octanol–water partition coefficient (Wildman–Crippen LogP) is 4.47. The predicted molar refractivity (Wildman–Crippen MR) is 165 cm³/mol. The SMILES string of the molecule is CC(=O)N[C@H](C(=O)N[C@H](C[C@H](O)[C@H](Cc1ccccc1)NC(=O)CCOc1ccc(C)cc1)C1CCCCC1)C(C)C. The average Bonchev–Trinajstić information content (AvgIpc) is 2.97. The van der Waals surface area contributed by atoms with E-state index in [4.69, 9.17) is 4.74 Å². The fourth-order valence-electron chi connectivity index (χ4n) is 5.68. The second-order valence-electron chi connectivity index (χ2n) is 12.0. The first-order valence-electron chi connectivity index (χ1n) is 15.4. The van der Waals surface area contributed by atoms with Crippen molar-refractivity contribution in [3.8, 4) is 5.75 Å². The van der Waals surface area contributed by atoms with E-state index in [0.717, 1.165) is 43.2 Å². The van der Waals surface area contributed by atoms with E-state index in [1.54, 1.807) is 0 Å². The van der Waals surface area contributed by atoms with Crippen LogP contribution < -0.4 is 20.7 Å². The summed E-state index contributed by atoms with van der Waals surface area (Å²) in [5.41, 5.74) is 2.14. The normalized spacial score (nSPS) is 16.6. The molecule has 8 nitrogen and oxygen atoms in total. The molecule has 0 unspecified atom stereocenters. The average molecular weight is 580 g/mol. The van der Waals surface area contributed by atoms with Gasteiger partial charge in [-0.05, 0) is 62.1 Å². The van der Waals surface area contributed by atoms with Crippen molar-refractivity contribution in [1.29, 1.82) is 0 Å².